The average Bonchev–Trinajstić information content (AvgIpc) is 2.87. The zero-order valence-electron chi connectivity index (χ0n) is 19.9. The molecule has 0 radical (unpaired) electrons. The predicted octanol–water partition coefficient (Wildman–Crippen LogP) is 5.93. The minimum atomic E-state index is -0.746. The van der Waals surface area contributed by atoms with Crippen LogP contribution >= 0.6 is 23.2 Å². The number of carbonyl (C=O) groups excluding carboxylic acids is 2. The van der Waals surface area contributed by atoms with E-state index in [0.29, 0.717) is 22.2 Å². The van der Waals surface area contributed by atoms with Gasteiger partial charge in [-0.25, -0.2) is 0 Å². The number of nitrogens with zero attached hydrogens (tertiary/aromatic N) is 1. The van der Waals surface area contributed by atoms with Gasteiger partial charge in [0.2, 0.25) is 5.91 Å². The Balaban J connectivity index is 1.91. The Morgan fingerprint density at radius 3 is 2.26 bits per heavy atom. The van der Waals surface area contributed by atoms with E-state index in [-0.39, 0.29) is 31.0 Å². The summed E-state index contributed by atoms with van der Waals surface area (Å²) in [5.41, 5.74) is 1.70. The summed E-state index contributed by atoms with van der Waals surface area (Å²) in [7, 11) is 0. The number of halogens is 2. The molecule has 0 aromatic heterocycles. The third-order valence-corrected chi connectivity index (χ3v) is 6.37. The van der Waals surface area contributed by atoms with Gasteiger partial charge in [-0.3, -0.25) is 9.59 Å². The van der Waals surface area contributed by atoms with Crippen molar-refractivity contribution in [2.24, 2.45) is 0 Å². The predicted molar refractivity (Wildman–Crippen MR) is 141 cm³/mol. The number of nitrogens with one attached hydrogen (secondary N) is 1. The molecule has 7 heteroatoms. The van der Waals surface area contributed by atoms with E-state index in [9.17, 15) is 9.59 Å². The first-order valence-electron chi connectivity index (χ1n) is 11.6. The number of ether oxygens (including phenoxy) is 1. The van der Waals surface area contributed by atoms with Crippen molar-refractivity contribution in [1.82, 2.24) is 10.2 Å². The maximum Gasteiger partial charge on any atom is 0.261 e. The number of carbonyl (C=O) groups is 2. The van der Waals surface area contributed by atoms with Gasteiger partial charge < -0.3 is 15.0 Å². The van der Waals surface area contributed by atoms with Gasteiger partial charge in [-0.2, -0.15) is 0 Å². The quantitative estimate of drug-likeness (QED) is 0.346. The summed E-state index contributed by atoms with van der Waals surface area (Å²) in [4.78, 5) is 28.6. The van der Waals surface area contributed by atoms with Crippen molar-refractivity contribution in [3.05, 3.63) is 100 Å². The van der Waals surface area contributed by atoms with Crippen molar-refractivity contribution in [1.29, 1.82) is 0 Å². The molecule has 0 saturated heterocycles. The third-order valence-electron chi connectivity index (χ3n) is 5.75. The van der Waals surface area contributed by atoms with E-state index in [0.717, 1.165) is 17.5 Å². The van der Waals surface area contributed by atoms with Gasteiger partial charge in [0.05, 0.1) is 0 Å². The first-order chi connectivity index (χ1) is 16.9. The Labute approximate surface area is 217 Å². The van der Waals surface area contributed by atoms with Crippen molar-refractivity contribution in [3.8, 4) is 5.75 Å². The molecule has 3 rings (SSSR count). The summed E-state index contributed by atoms with van der Waals surface area (Å²) in [5.74, 6) is -0.0145. The molecule has 0 aliphatic rings. The van der Waals surface area contributed by atoms with Crippen molar-refractivity contribution in [3.63, 3.8) is 0 Å². The number of amides is 2. The van der Waals surface area contributed by atoms with Gasteiger partial charge in [-0.05, 0) is 54.8 Å². The van der Waals surface area contributed by atoms with Gasteiger partial charge >= 0.3 is 0 Å². The normalized spacial score (nSPS) is 12.5. The fraction of sp³-hybridized carbons (Fsp3) is 0.286. The molecule has 0 heterocycles. The van der Waals surface area contributed by atoms with Crippen molar-refractivity contribution in [2.75, 3.05) is 6.61 Å². The minimum Gasteiger partial charge on any atom is -0.484 e. The molecule has 0 bridgehead atoms. The van der Waals surface area contributed by atoms with Crippen molar-refractivity contribution >= 4 is 35.0 Å². The molecule has 1 N–H and O–H groups in total. The first kappa shape index (κ1) is 26.6. The van der Waals surface area contributed by atoms with Crippen LogP contribution in [0.15, 0.2) is 78.9 Å². The summed E-state index contributed by atoms with van der Waals surface area (Å²) in [5, 5.41) is 4.15. The molecule has 2 amide bonds. The molecular weight excluding hydrogens is 483 g/mol. The summed E-state index contributed by atoms with van der Waals surface area (Å²) >= 11 is 12.4. The molecule has 0 fully saturated rings. The SMILES string of the molecule is CC[C@@H](C)NC(=O)[C@H](Cc1ccccc1)N(Cc1ccccc1Cl)C(=O)COc1ccc(Cl)cc1. The van der Waals surface area contributed by atoms with Crippen LogP contribution in [0.25, 0.3) is 0 Å². The molecule has 0 aliphatic heterocycles. The molecule has 0 spiro atoms. The van der Waals surface area contributed by atoms with Gasteiger partial charge in [0, 0.05) is 29.1 Å². The van der Waals surface area contributed by atoms with Crippen molar-refractivity contribution in [2.45, 2.75) is 45.3 Å². The zero-order valence-corrected chi connectivity index (χ0v) is 21.4. The van der Waals surface area contributed by atoms with E-state index in [1.165, 1.54) is 0 Å². The topological polar surface area (TPSA) is 58.6 Å². The number of rotatable bonds is 11. The molecule has 184 valence electrons. The fourth-order valence-corrected chi connectivity index (χ4v) is 3.89. The van der Waals surface area contributed by atoms with Crippen LogP contribution in [-0.2, 0) is 22.6 Å². The van der Waals surface area contributed by atoms with Crippen LogP contribution in [0.5, 0.6) is 5.75 Å². The Hall–Kier alpha value is -3.02. The number of hydrogen-bond acceptors (Lipinski definition) is 3. The second-order valence-electron chi connectivity index (χ2n) is 8.38. The molecule has 35 heavy (non-hydrogen) atoms. The highest BCUT2D eigenvalue weighted by Gasteiger charge is 2.31. The van der Waals surface area contributed by atoms with Crippen LogP contribution in [0.1, 0.15) is 31.4 Å². The van der Waals surface area contributed by atoms with E-state index >= 15 is 0 Å². The molecule has 5 nitrogen and oxygen atoms in total. The van der Waals surface area contributed by atoms with Gasteiger partial charge in [0.25, 0.3) is 5.91 Å². The van der Waals surface area contributed by atoms with E-state index in [1.807, 2.05) is 62.4 Å². The second-order valence-corrected chi connectivity index (χ2v) is 9.22. The maximum atomic E-state index is 13.5. The highest BCUT2D eigenvalue weighted by molar-refractivity contribution is 6.31. The van der Waals surface area contributed by atoms with E-state index in [1.54, 1.807) is 35.2 Å². The molecule has 2 atom stereocenters. The molecule has 0 aliphatic carbocycles. The summed E-state index contributed by atoms with van der Waals surface area (Å²) in [6, 6.07) is 23.0. The van der Waals surface area contributed by atoms with E-state index in [2.05, 4.69) is 5.32 Å². The Kier molecular flexibility index (Phi) is 10.0. The maximum absolute atomic E-state index is 13.5. The lowest BCUT2D eigenvalue weighted by molar-refractivity contribution is -0.143. The second kappa shape index (κ2) is 13.2. The monoisotopic (exact) mass is 512 g/mol. The Morgan fingerprint density at radius 2 is 1.60 bits per heavy atom. The zero-order chi connectivity index (χ0) is 25.2. The molecule has 3 aromatic carbocycles. The molecule has 3 aromatic rings. The largest absolute Gasteiger partial charge is 0.484 e. The van der Waals surface area contributed by atoms with Gasteiger partial charge in [0.1, 0.15) is 11.8 Å². The van der Waals surface area contributed by atoms with E-state index < -0.39 is 6.04 Å². The minimum absolute atomic E-state index is 0.0247. The third kappa shape index (κ3) is 8.01. The van der Waals surface area contributed by atoms with E-state index in [4.69, 9.17) is 27.9 Å². The van der Waals surface area contributed by atoms with Crippen LogP contribution in [0, 0.1) is 0 Å². The van der Waals surface area contributed by atoms with Crippen molar-refractivity contribution < 1.29 is 14.3 Å². The lowest BCUT2D eigenvalue weighted by Gasteiger charge is -2.32. The molecule has 0 saturated carbocycles. The fourth-order valence-electron chi connectivity index (χ4n) is 3.56. The van der Waals surface area contributed by atoms with Crippen LogP contribution in [-0.4, -0.2) is 35.4 Å². The summed E-state index contributed by atoms with van der Waals surface area (Å²) < 4.78 is 5.74. The van der Waals surface area contributed by atoms with Crippen LogP contribution in [0.3, 0.4) is 0 Å². The molecule has 0 unspecified atom stereocenters. The highest BCUT2D eigenvalue weighted by Crippen LogP contribution is 2.21. The van der Waals surface area contributed by atoms with Gasteiger partial charge in [-0.15, -0.1) is 0 Å². The van der Waals surface area contributed by atoms with Crippen LogP contribution in [0.2, 0.25) is 10.0 Å². The van der Waals surface area contributed by atoms with Crippen LogP contribution < -0.4 is 10.1 Å². The number of benzene rings is 3. The van der Waals surface area contributed by atoms with Gasteiger partial charge in [0.15, 0.2) is 6.61 Å². The Morgan fingerprint density at radius 1 is 0.943 bits per heavy atom. The Bertz CT molecular complexity index is 1110. The van der Waals surface area contributed by atoms with Crippen LogP contribution in [0.4, 0.5) is 0 Å². The smallest absolute Gasteiger partial charge is 0.261 e. The first-order valence-corrected chi connectivity index (χ1v) is 12.4. The average molecular weight is 513 g/mol. The summed E-state index contributed by atoms with van der Waals surface area (Å²) in [6.45, 7) is 3.90. The number of hydrogen-bond donors (Lipinski definition) is 1. The van der Waals surface area contributed by atoms with Gasteiger partial charge in [-0.1, -0.05) is 78.7 Å². The highest BCUT2D eigenvalue weighted by atomic mass is 35.5. The standard InChI is InChI=1S/C28H30Cl2N2O3/c1-3-20(2)31-28(34)26(17-21-9-5-4-6-10-21)32(18-22-11-7-8-12-25(22)30)27(33)19-35-24-15-13-23(29)14-16-24/h4-16,20,26H,3,17-19H2,1-2H3,(H,31,34)/t20-,26+/m1/s1. The lowest BCUT2D eigenvalue weighted by Crippen LogP contribution is -2.53. The summed E-state index contributed by atoms with van der Waals surface area (Å²) in [6.07, 6.45) is 1.14. The lowest BCUT2D eigenvalue weighted by atomic mass is 10.0. The molecular formula is C28H30Cl2N2O3.